The first kappa shape index (κ1) is 12.5. The van der Waals surface area contributed by atoms with Crippen molar-refractivity contribution in [3.63, 3.8) is 0 Å². The minimum atomic E-state index is -0.406. The summed E-state index contributed by atoms with van der Waals surface area (Å²) < 4.78 is 4.72. The van der Waals surface area contributed by atoms with E-state index in [1.165, 1.54) is 7.11 Å². The van der Waals surface area contributed by atoms with E-state index in [0.717, 1.165) is 5.01 Å². The fourth-order valence-electron chi connectivity index (χ4n) is 1.51. The third-order valence-electron chi connectivity index (χ3n) is 2.39. The van der Waals surface area contributed by atoms with Crippen LogP contribution in [0.3, 0.4) is 0 Å². The van der Waals surface area contributed by atoms with Crippen molar-refractivity contribution in [2.45, 2.75) is 13.0 Å². The Balaban J connectivity index is 2.21. The molecular formula is C12H13N3O2S. The minimum Gasteiger partial charge on any atom is -0.465 e. The number of anilines is 1. The van der Waals surface area contributed by atoms with Gasteiger partial charge in [-0.05, 0) is 19.1 Å². The van der Waals surface area contributed by atoms with Crippen molar-refractivity contribution in [3.05, 3.63) is 40.5 Å². The number of carbonyl (C=O) groups is 1. The normalized spacial score (nSPS) is 11.9. The molecule has 5 nitrogen and oxygen atoms in total. The lowest BCUT2D eigenvalue weighted by molar-refractivity contribution is 0.0601. The summed E-state index contributed by atoms with van der Waals surface area (Å²) in [6, 6.07) is 3.37. The number of methoxy groups -OCH3 is 1. The summed E-state index contributed by atoms with van der Waals surface area (Å²) in [5.74, 6) is 0.101. The molecule has 0 aliphatic rings. The van der Waals surface area contributed by atoms with Gasteiger partial charge in [-0.2, -0.15) is 0 Å². The summed E-state index contributed by atoms with van der Waals surface area (Å²) in [5.41, 5.74) is 0.420. The van der Waals surface area contributed by atoms with Gasteiger partial charge in [-0.3, -0.25) is 0 Å². The maximum atomic E-state index is 11.6. The summed E-state index contributed by atoms with van der Waals surface area (Å²) >= 11 is 1.55. The van der Waals surface area contributed by atoms with Gasteiger partial charge in [0.05, 0.1) is 13.2 Å². The molecule has 1 N–H and O–H groups in total. The van der Waals surface area contributed by atoms with E-state index in [-0.39, 0.29) is 6.04 Å². The fraction of sp³-hybridized carbons (Fsp3) is 0.250. The Bertz CT molecular complexity index is 528. The molecule has 0 spiro atoms. The second-order valence-electron chi connectivity index (χ2n) is 3.63. The van der Waals surface area contributed by atoms with Gasteiger partial charge in [-0.25, -0.2) is 14.8 Å². The van der Waals surface area contributed by atoms with Crippen LogP contribution in [0.15, 0.2) is 29.9 Å². The highest BCUT2D eigenvalue weighted by Gasteiger charge is 2.15. The monoisotopic (exact) mass is 263 g/mol. The van der Waals surface area contributed by atoms with Crippen LogP contribution < -0.4 is 5.32 Å². The van der Waals surface area contributed by atoms with Crippen LogP contribution in [0.1, 0.15) is 28.3 Å². The SMILES string of the molecule is COC(=O)c1cccnc1NC(C)c1nccs1. The molecule has 0 saturated heterocycles. The highest BCUT2D eigenvalue weighted by atomic mass is 32.1. The van der Waals surface area contributed by atoms with E-state index in [1.807, 2.05) is 12.3 Å². The van der Waals surface area contributed by atoms with Crippen LogP contribution in [0.2, 0.25) is 0 Å². The van der Waals surface area contributed by atoms with E-state index in [2.05, 4.69) is 15.3 Å². The van der Waals surface area contributed by atoms with Crippen LogP contribution in [0.4, 0.5) is 5.82 Å². The van der Waals surface area contributed by atoms with Gasteiger partial charge in [-0.1, -0.05) is 0 Å². The molecule has 1 unspecified atom stereocenters. The first-order chi connectivity index (χ1) is 8.72. The van der Waals surface area contributed by atoms with Crippen molar-refractivity contribution in [1.29, 1.82) is 0 Å². The number of esters is 1. The number of thiazole rings is 1. The van der Waals surface area contributed by atoms with Gasteiger partial charge >= 0.3 is 5.97 Å². The fourth-order valence-corrected chi connectivity index (χ4v) is 2.16. The highest BCUT2D eigenvalue weighted by molar-refractivity contribution is 7.09. The standard InChI is InChI=1S/C12H13N3O2S/c1-8(11-14-6-7-18-11)15-10-9(12(16)17-2)4-3-5-13-10/h3-8H,1-2H3,(H,13,15). The Kier molecular flexibility index (Phi) is 3.88. The van der Waals surface area contributed by atoms with Gasteiger partial charge in [0.15, 0.2) is 0 Å². The molecule has 0 amide bonds. The zero-order valence-corrected chi connectivity index (χ0v) is 10.9. The van der Waals surface area contributed by atoms with E-state index < -0.39 is 5.97 Å². The van der Waals surface area contributed by atoms with E-state index >= 15 is 0 Å². The molecule has 2 aromatic rings. The smallest absolute Gasteiger partial charge is 0.341 e. The molecule has 0 aliphatic carbocycles. The molecule has 2 aromatic heterocycles. The number of aromatic nitrogens is 2. The number of pyridine rings is 1. The zero-order valence-electron chi connectivity index (χ0n) is 10.1. The first-order valence-corrected chi connectivity index (χ1v) is 6.29. The number of nitrogens with one attached hydrogen (secondary N) is 1. The number of nitrogens with zero attached hydrogens (tertiary/aromatic N) is 2. The summed E-state index contributed by atoms with van der Waals surface area (Å²) in [6.45, 7) is 1.97. The largest absolute Gasteiger partial charge is 0.465 e. The molecule has 6 heteroatoms. The second kappa shape index (κ2) is 5.59. The summed E-state index contributed by atoms with van der Waals surface area (Å²) in [6.07, 6.45) is 3.38. The van der Waals surface area contributed by atoms with Gasteiger partial charge in [0.1, 0.15) is 16.4 Å². The molecule has 2 heterocycles. The first-order valence-electron chi connectivity index (χ1n) is 5.41. The molecule has 18 heavy (non-hydrogen) atoms. The van der Waals surface area contributed by atoms with Crippen molar-refractivity contribution < 1.29 is 9.53 Å². The lowest BCUT2D eigenvalue weighted by Crippen LogP contribution is -2.12. The van der Waals surface area contributed by atoms with Crippen LogP contribution in [0.25, 0.3) is 0 Å². The number of hydrogen-bond acceptors (Lipinski definition) is 6. The summed E-state index contributed by atoms with van der Waals surface area (Å²) in [4.78, 5) is 20.0. The third-order valence-corrected chi connectivity index (χ3v) is 3.35. The lowest BCUT2D eigenvalue weighted by atomic mass is 10.2. The quantitative estimate of drug-likeness (QED) is 0.859. The van der Waals surface area contributed by atoms with Crippen LogP contribution in [-0.4, -0.2) is 23.0 Å². The Morgan fingerprint density at radius 1 is 1.44 bits per heavy atom. The molecule has 0 aliphatic heterocycles. The number of ether oxygens (including phenoxy) is 1. The molecular weight excluding hydrogens is 250 g/mol. The van der Waals surface area contributed by atoms with Crippen LogP contribution in [0.5, 0.6) is 0 Å². The lowest BCUT2D eigenvalue weighted by Gasteiger charge is -2.14. The highest BCUT2D eigenvalue weighted by Crippen LogP contribution is 2.22. The average molecular weight is 263 g/mol. The van der Waals surface area contributed by atoms with Crippen molar-refractivity contribution in [2.24, 2.45) is 0 Å². The van der Waals surface area contributed by atoms with Crippen LogP contribution in [0, 0.1) is 0 Å². The summed E-state index contributed by atoms with van der Waals surface area (Å²) in [5, 5.41) is 6.02. The molecule has 94 valence electrons. The number of hydrogen-bond donors (Lipinski definition) is 1. The third kappa shape index (κ3) is 2.65. The molecule has 1 atom stereocenters. The van der Waals surface area contributed by atoms with Gasteiger partial charge in [0.25, 0.3) is 0 Å². The molecule has 0 bridgehead atoms. The summed E-state index contributed by atoms with van der Waals surface area (Å²) in [7, 11) is 1.35. The minimum absolute atomic E-state index is 0.0108. The molecule has 0 radical (unpaired) electrons. The molecule has 2 rings (SSSR count). The van der Waals surface area contributed by atoms with Gasteiger partial charge in [0, 0.05) is 17.8 Å². The maximum Gasteiger partial charge on any atom is 0.341 e. The zero-order chi connectivity index (χ0) is 13.0. The molecule has 0 saturated carbocycles. The van der Waals surface area contributed by atoms with Gasteiger partial charge in [0.2, 0.25) is 0 Å². The second-order valence-corrected chi connectivity index (χ2v) is 4.55. The topological polar surface area (TPSA) is 64.1 Å². The van der Waals surface area contributed by atoms with Crippen molar-refractivity contribution >= 4 is 23.1 Å². The number of carbonyl (C=O) groups excluding carboxylic acids is 1. The van der Waals surface area contributed by atoms with E-state index in [0.29, 0.717) is 11.4 Å². The van der Waals surface area contributed by atoms with E-state index in [4.69, 9.17) is 4.74 Å². The Morgan fingerprint density at radius 3 is 2.94 bits per heavy atom. The van der Waals surface area contributed by atoms with Crippen molar-refractivity contribution in [1.82, 2.24) is 9.97 Å². The van der Waals surface area contributed by atoms with Crippen molar-refractivity contribution in [3.8, 4) is 0 Å². The van der Waals surface area contributed by atoms with Gasteiger partial charge < -0.3 is 10.1 Å². The van der Waals surface area contributed by atoms with Crippen LogP contribution >= 0.6 is 11.3 Å². The molecule has 0 aromatic carbocycles. The predicted octanol–water partition coefficient (Wildman–Crippen LogP) is 2.50. The molecule has 0 fully saturated rings. The van der Waals surface area contributed by atoms with E-state index in [1.54, 1.807) is 35.9 Å². The Labute approximate surface area is 109 Å². The average Bonchev–Trinajstić information content (AvgIpc) is 2.92. The van der Waals surface area contributed by atoms with E-state index in [9.17, 15) is 4.79 Å². The Morgan fingerprint density at radius 2 is 2.28 bits per heavy atom. The number of rotatable bonds is 4. The predicted molar refractivity (Wildman–Crippen MR) is 69.7 cm³/mol. The van der Waals surface area contributed by atoms with Gasteiger partial charge in [-0.15, -0.1) is 11.3 Å². The van der Waals surface area contributed by atoms with Crippen LogP contribution in [-0.2, 0) is 4.74 Å². The maximum absolute atomic E-state index is 11.6. The Hall–Kier alpha value is -1.95. The van der Waals surface area contributed by atoms with Crippen molar-refractivity contribution in [2.75, 3.05) is 12.4 Å².